The number of anilines is 1. The maximum absolute atomic E-state index is 13.7. The fraction of sp³-hybridized carbons (Fsp3) is 0.259. The topological polar surface area (TPSA) is 65.1 Å². The van der Waals surface area contributed by atoms with E-state index < -0.39 is 11.5 Å². The van der Waals surface area contributed by atoms with Crippen LogP contribution in [0.1, 0.15) is 40.9 Å². The standard InChI is InChI=1S/C27H27NO5S/c1-4-32-25(29)21-10-12-23(13-11-21)28-24(20-8-6-5-7-9-20)27(26(30)31-3,16-19(2)17-33-28)22-14-15-34-18-22/h5-15,18,24H,2,4,16-17H2,1,3H3/t24-,27+/m0/s1. The summed E-state index contributed by atoms with van der Waals surface area (Å²) in [4.78, 5) is 32.1. The molecule has 176 valence electrons. The Bertz CT molecular complexity index is 1140. The molecule has 2 atom stereocenters. The average molecular weight is 478 g/mol. The molecule has 1 aliphatic rings. The first kappa shape index (κ1) is 23.7. The predicted molar refractivity (Wildman–Crippen MR) is 132 cm³/mol. The molecule has 0 bridgehead atoms. The van der Waals surface area contributed by atoms with Gasteiger partial charge >= 0.3 is 11.9 Å². The Balaban J connectivity index is 1.91. The minimum Gasteiger partial charge on any atom is -0.468 e. The van der Waals surface area contributed by atoms with E-state index in [1.807, 2.05) is 47.2 Å². The largest absolute Gasteiger partial charge is 0.468 e. The predicted octanol–water partition coefficient (Wildman–Crippen LogP) is 5.48. The first-order chi connectivity index (χ1) is 16.5. The van der Waals surface area contributed by atoms with Gasteiger partial charge in [-0.05, 0) is 71.1 Å². The second kappa shape index (κ2) is 10.2. The Hall–Kier alpha value is -3.42. The van der Waals surface area contributed by atoms with Crippen LogP contribution in [0.25, 0.3) is 0 Å². The van der Waals surface area contributed by atoms with Crippen molar-refractivity contribution in [1.82, 2.24) is 0 Å². The van der Waals surface area contributed by atoms with Crippen molar-refractivity contribution in [3.63, 3.8) is 0 Å². The molecular weight excluding hydrogens is 450 g/mol. The van der Waals surface area contributed by atoms with Gasteiger partial charge in [0.1, 0.15) is 11.5 Å². The number of methoxy groups -OCH3 is 1. The first-order valence-corrected chi connectivity index (χ1v) is 12.0. The number of ether oxygens (including phenoxy) is 2. The molecule has 34 heavy (non-hydrogen) atoms. The molecule has 1 saturated heterocycles. The number of hydrogen-bond acceptors (Lipinski definition) is 7. The van der Waals surface area contributed by atoms with Crippen molar-refractivity contribution < 1.29 is 23.9 Å². The average Bonchev–Trinajstić information content (AvgIpc) is 3.36. The van der Waals surface area contributed by atoms with E-state index in [0.29, 0.717) is 24.3 Å². The highest BCUT2D eigenvalue weighted by atomic mass is 32.1. The maximum atomic E-state index is 13.7. The first-order valence-electron chi connectivity index (χ1n) is 11.0. The number of nitrogens with zero attached hydrogens (tertiary/aromatic N) is 1. The summed E-state index contributed by atoms with van der Waals surface area (Å²) in [5.74, 6) is -0.749. The lowest BCUT2D eigenvalue weighted by molar-refractivity contribution is -0.149. The van der Waals surface area contributed by atoms with Gasteiger partial charge in [-0.3, -0.25) is 9.63 Å². The lowest BCUT2D eigenvalue weighted by atomic mass is 9.68. The van der Waals surface area contributed by atoms with Crippen molar-refractivity contribution >= 4 is 29.0 Å². The number of hydrogen-bond donors (Lipinski definition) is 0. The molecule has 0 radical (unpaired) electrons. The van der Waals surface area contributed by atoms with Gasteiger partial charge in [0.15, 0.2) is 0 Å². The highest BCUT2D eigenvalue weighted by Gasteiger charge is 2.54. The van der Waals surface area contributed by atoms with E-state index >= 15 is 0 Å². The zero-order valence-corrected chi connectivity index (χ0v) is 20.0. The van der Waals surface area contributed by atoms with Gasteiger partial charge in [0, 0.05) is 0 Å². The van der Waals surface area contributed by atoms with Crippen molar-refractivity contribution in [3.05, 3.63) is 100 Å². The fourth-order valence-electron chi connectivity index (χ4n) is 4.48. The summed E-state index contributed by atoms with van der Waals surface area (Å²) in [6.07, 6.45) is 0.368. The second-order valence-electron chi connectivity index (χ2n) is 8.08. The summed E-state index contributed by atoms with van der Waals surface area (Å²) in [6.45, 7) is 6.51. The molecule has 2 heterocycles. The molecular formula is C27H27NO5S. The van der Waals surface area contributed by atoms with Crippen molar-refractivity contribution in [2.24, 2.45) is 0 Å². The molecule has 0 unspecified atom stereocenters. The summed E-state index contributed by atoms with van der Waals surface area (Å²) in [7, 11) is 1.41. The third kappa shape index (κ3) is 4.36. The Morgan fingerprint density at radius 2 is 1.88 bits per heavy atom. The van der Waals surface area contributed by atoms with Gasteiger partial charge in [0.2, 0.25) is 0 Å². The molecule has 6 nitrogen and oxygen atoms in total. The minimum atomic E-state index is -1.09. The van der Waals surface area contributed by atoms with E-state index in [1.54, 1.807) is 36.3 Å². The summed E-state index contributed by atoms with van der Waals surface area (Å²) in [6, 6.07) is 18.2. The highest BCUT2D eigenvalue weighted by Crippen LogP contribution is 2.50. The number of thiophene rings is 1. The number of esters is 2. The molecule has 2 aromatic carbocycles. The molecule has 4 rings (SSSR count). The normalized spacial score (nSPS) is 20.5. The van der Waals surface area contributed by atoms with Crippen LogP contribution in [0.2, 0.25) is 0 Å². The number of carbonyl (C=O) groups excluding carboxylic acids is 2. The molecule has 1 aromatic heterocycles. The number of carbonyl (C=O) groups is 2. The van der Waals surface area contributed by atoms with Crippen LogP contribution < -0.4 is 5.06 Å². The van der Waals surface area contributed by atoms with E-state index in [9.17, 15) is 9.59 Å². The Labute approximate surface area is 203 Å². The third-order valence-corrected chi connectivity index (χ3v) is 6.66. The number of hydroxylamine groups is 1. The van der Waals surface area contributed by atoms with Crippen molar-refractivity contribution in [1.29, 1.82) is 0 Å². The zero-order valence-electron chi connectivity index (χ0n) is 19.2. The van der Waals surface area contributed by atoms with Crippen LogP contribution in [-0.4, -0.2) is 32.3 Å². The molecule has 0 N–H and O–H groups in total. The second-order valence-corrected chi connectivity index (χ2v) is 8.86. The molecule has 1 aliphatic heterocycles. The molecule has 3 aromatic rings. The van der Waals surface area contributed by atoms with Crippen molar-refractivity contribution in [3.8, 4) is 0 Å². The summed E-state index contributed by atoms with van der Waals surface area (Å²) < 4.78 is 10.5. The van der Waals surface area contributed by atoms with Crippen LogP contribution in [0, 0.1) is 0 Å². The molecule has 0 spiro atoms. The molecule has 7 heteroatoms. The van der Waals surface area contributed by atoms with Crippen molar-refractivity contribution in [2.45, 2.75) is 24.8 Å². The van der Waals surface area contributed by atoms with E-state index in [2.05, 4.69) is 6.58 Å². The lowest BCUT2D eigenvalue weighted by Crippen LogP contribution is -2.48. The molecule has 0 aliphatic carbocycles. The monoisotopic (exact) mass is 477 g/mol. The number of benzene rings is 2. The highest BCUT2D eigenvalue weighted by molar-refractivity contribution is 7.08. The molecule has 1 fully saturated rings. The van der Waals surface area contributed by atoms with E-state index in [0.717, 1.165) is 16.7 Å². The van der Waals surface area contributed by atoms with Gasteiger partial charge in [0.25, 0.3) is 0 Å². The maximum Gasteiger partial charge on any atom is 0.338 e. The minimum absolute atomic E-state index is 0.242. The van der Waals surface area contributed by atoms with Crippen LogP contribution in [-0.2, 0) is 24.5 Å². The third-order valence-electron chi connectivity index (χ3n) is 5.97. The Kier molecular flexibility index (Phi) is 7.14. The molecule has 0 amide bonds. The zero-order chi connectivity index (χ0) is 24.1. The summed E-state index contributed by atoms with van der Waals surface area (Å²) in [5, 5.41) is 5.68. The van der Waals surface area contributed by atoms with Gasteiger partial charge in [-0.1, -0.05) is 36.9 Å². The summed E-state index contributed by atoms with van der Waals surface area (Å²) in [5.41, 5.74) is 2.56. The van der Waals surface area contributed by atoms with Gasteiger partial charge in [-0.15, -0.1) is 0 Å². The van der Waals surface area contributed by atoms with E-state index in [4.69, 9.17) is 14.3 Å². The van der Waals surface area contributed by atoms with Gasteiger partial charge < -0.3 is 9.47 Å². The molecule has 0 saturated carbocycles. The quantitative estimate of drug-likeness (QED) is 0.346. The van der Waals surface area contributed by atoms with Gasteiger partial charge in [-0.25, -0.2) is 9.86 Å². The van der Waals surface area contributed by atoms with Crippen LogP contribution in [0.3, 0.4) is 0 Å². The number of rotatable bonds is 6. The van der Waals surface area contributed by atoms with Crippen molar-refractivity contribution in [2.75, 3.05) is 25.4 Å². The SMILES string of the molecule is C=C1CON(c2ccc(C(=O)OCC)cc2)[C@@H](c2ccccc2)[C@](C(=O)OC)(c2ccsc2)C1. The fourth-order valence-corrected chi connectivity index (χ4v) is 5.22. The van der Waals surface area contributed by atoms with Crippen LogP contribution in [0.5, 0.6) is 0 Å². The van der Waals surface area contributed by atoms with Crippen LogP contribution in [0.4, 0.5) is 5.69 Å². The Morgan fingerprint density at radius 1 is 1.15 bits per heavy atom. The summed E-state index contributed by atoms with van der Waals surface area (Å²) >= 11 is 1.52. The van der Waals surface area contributed by atoms with E-state index in [-0.39, 0.29) is 18.5 Å². The van der Waals surface area contributed by atoms with E-state index in [1.165, 1.54) is 18.4 Å². The lowest BCUT2D eigenvalue weighted by Gasteiger charge is -2.42. The van der Waals surface area contributed by atoms with Gasteiger partial charge in [0.05, 0.1) is 31.6 Å². The van der Waals surface area contributed by atoms with Crippen LogP contribution in [0.15, 0.2) is 83.6 Å². The smallest absolute Gasteiger partial charge is 0.338 e. The van der Waals surface area contributed by atoms with Gasteiger partial charge in [-0.2, -0.15) is 11.3 Å². The Morgan fingerprint density at radius 3 is 2.50 bits per heavy atom. The van der Waals surface area contributed by atoms with Crippen LogP contribution >= 0.6 is 11.3 Å².